The van der Waals surface area contributed by atoms with Gasteiger partial charge in [-0.2, -0.15) is 0 Å². The number of rotatable bonds is 0. The predicted octanol–water partition coefficient (Wildman–Crippen LogP) is 1.10. The van der Waals surface area contributed by atoms with Crippen LogP contribution in [0.1, 0.15) is 26.7 Å². The summed E-state index contributed by atoms with van der Waals surface area (Å²) in [5.74, 6) is 0. The van der Waals surface area contributed by atoms with Crippen LogP contribution in [0.4, 0.5) is 0 Å². The van der Waals surface area contributed by atoms with E-state index in [4.69, 9.17) is 9.47 Å². The fraction of sp³-hybridized carbons (Fsp3) is 1.00. The third kappa shape index (κ3) is 0.453. The van der Waals surface area contributed by atoms with E-state index in [1.807, 2.05) is 0 Å². The Morgan fingerprint density at radius 2 is 1.60 bits per heavy atom. The molecular weight excluding hydrogens is 128 g/mol. The van der Waals surface area contributed by atoms with Crippen LogP contribution in [0.2, 0.25) is 0 Å². The van der Waals surface area contributed by atoms with E-state index in [9.17, 15) is 0 Å². The van der Waals surface area contributed by atoms with Crippen LogP contribution in [0.25, 0.3) is 0 Å². The molecule has 0 bridgehead atoms. The summed E-state index contributed by atoms with van der Waals surface area (Å²) < 4.78 is 11.1. The summed E-state index contributed by atoms with van der Waals surface area (Å²) >= 11 is 0. The van der Waals surface area contributed by atoms with Crippen molar-refractivity contribution in [2.24, 2.45) is 0 Å². The SMILES string of the molecule is C[C@]12C[C@@H]3O[C@@H]3C[C@]1(C)O2. The molecule has 0 aromatic carbocycles. The van der Waals surface area contributed by atoms with Gasteiger partial charge >= 0.3 is 0 Å². The van der Waals surface area contributed by atoms with Gasteiger partial charge in [-0.05, 0) is 13.8 Å². The number of hydrogen-bond acceptors (Lipinski definition) is 2. The fourth-order valence-corrected chi connectivity index (χ4v) is 2.29. The van der Waals surface area contributed by atoms with Crippen LogP contribution in [0, 0.1) is 0 Å². The monoisotopic (exact) mass is 140 g/mol. The van der Waals surface area contributed by atoms with Gasteiger partial charge < -0.3 is 9.47 Å². The van der Waals surface area contributed by atoms with E-state index in [2.05, 4.69) is 13.8 Å². The zero-order chi connectivity index (χ0) is 6.98. The maximum Gasteiger partial charge on any atom is 0.0976 e. The van der Waals surface area contributed by atoms with Crippen LogP contribution in [-0.2, 0) is 9.47 Å². The van der Waals surface area contributed by atoms with Gasteiger partial charge in [-0.15, -0.1) is 0 Å². The maximum atomic E-state index is 5.67. The van der Waals surface area contributed by atoms with Gasteiger partial charge in [0, 0.05) is 12.8 Å². The van der Waals surface area contributed by atoms with Crippen LogP contribution in [-0.4, -0.2) is 23.4 Å². The Morgan fingerprint density at radius 1 is 1.10 bits per heavy atom. The van der Waals surface area contributed by atoms with E-state index in [0.717, 1.165) is 12.8 Å². The van der Waals surface area contributed by atoms with E-state index >= 15 is 0 Å². The molecular formula is C8H12O2. The predicted molar refractivity (Wildman–Crippen MR) is 35.8 cm³/mol. The van der Waals surface area contributed by atoms with Crippen molar-refractivity contribution in [3.8, 4) is 0 Å². The summed E-state index contributed by atoms with van der Waals surface area (Å²) in [6.45, 7) is 4.40. The highest BCUT2D eigenvalue weighted by atomic mass is 16.7. The Morgan fingerprint density at radius 3 is 2.10 bits per heavy atom. The molecule has 4 atom stereocenters. The minimum absolute atomic E-state index is 0.171. The fourth-order valence-electron chi connectivity index (χ4n) is 2.29. The highest BCUT2D eigenvalue weighted by molar-refractivity contribution is 5.20. The standard InChI is InChI=1S/C8H12O2/c1-7-3-5-6(9-5)4-8(7,2)10-7/h5-6H,3-4H2,1-2H3/t5-,6+,7-,8-/m0/s1. The van der Waals surface area contributed by atoms with Gasteiger partial charge in [0.1, 0.15) is 0 Å². The van der Waals surface area contributed by atoms with Crippen molar-refractivity contribution in [2.75, 3.05) is 0 Å². The van der Waals surface area contributed by atoms with Crippen molar-refractivity contribution in [3.05, 3.63) is 0 Å². The smallest absolute Gasteiger partial charge is 0.0976 e. The van der Waals surface area contributed by atoms with E-state index in [1.54, 1.807) is 0 Å². The zero-order valence-electron chi connectivity index (χ0n) is 6.39. The van der Waals surface area contributed by atoms with Crippen LogP contribution >= 0.6 is 0 Å². The van der Waals surface area contributed by atoms with Crippen LogP contribution in [0.3, 0.4) is 0 Å². The Labute approximate surface area is 60.5 Å². The quantitative estimate of drug-likeness (QED) is 0.471. The van der Waals surface area contributed by atoms with E-state index in [-0.39, 0.29) is 11.2 Å². The number of hydrogen-bond donors (Lipinski definition) is 0. The minimum Gasteiger partial charge on any atom is -0.369 e. The second kappa shape index (κ2) is 1.16. The normalized spacial score (nSPS) is 70.2. The molecule has 1 aliphatic carbocycles. The number of ether oxygens (including phenoxy) is 2. The lowest BCUT2D eigenvalue weighted by atomic mass is 9.82. The molecule has 3 rings (SSSR count). The summed E-state index contributed by atoms with van der Waals surface area (Å²) in [5, 5.41) is 0. The molecule has 1 saturated carbocycles. The van der Waals surface area contributed by atoms with Crippen LogP contribution in [0.15, 0.2) is 0 Å². The van der Waals surface area contributed by atoms with Crippen molar-refractivity contribution in [1.29, 1.82) is 0 Å². The summed E-state index contributed by atoms with van der Waals surface area (Å²) in [4.78, 5) is 0. The maximum absolute atomic E-state index is 5.67. The molecule has 3 fully saturated rings. The van der Waals surface area contributed by atoms with Gasteiger partial charge in [-0.3, -0.25) is 0 Å². The average Bonchev–Trinajstić information content (AvgIpc) is 2.53. The molecule has 0 unspecified atom stereocenters. The molecule has 0 aromatic heterocycles. The molecule has 2 heterocycles. The molecule has 2 nitrogen and oxygen atoms in total. The summed E-state index contributed by atoms with van der Waals surface area (Å²) in [6, 6.07) is 0. The summed E-state index contributed by atoms with van der Waals surface area (Å²) in [6.07, 6.45) is 3.32. The molecule has 2 aliphatic heterocycles. The second-order valence-electron chi connectivity index (χ2n) is 4.19. The highest BCUT2D eigenvalue weighted by Gasteiger charge is 2.72. The zero-order valence-corrected chi connectivity index (χ0v) is 6.39. The topological polar surface area (TPSA) is 25.1 Å². The minimum atomic E-state index is 0.171. The first-order valence-electron chi connectivity index (χ1n) is 3.99. The highest BCUT2D eigenvalue weighted by Crippen LogP contribution is 2.61. The first-order valence-corrected chi connectivity index (χ1v) is 3.99. The van der Waals surface area contributed by atoms with Gasteiger partial charge in [-0.25, -0.2) is 0 Å². The number of epoxide rings is 2. The molecule has 0 N–H and O–H groups in total. The molecule has 3 aliphatic rings. The molecule has 0 radical (unpaired) electrons. The van der Waals surface area contributed by atoms with Crippen molar-refractivity contribution in [1.82, 2.24) is 0 Å². The summed E-state index contributed by atoms with van der Waals surface area (Å²) in [5.41, 5.74) is 0.343. The molecule has 2 saturated heterocycles. The van der Waals surface area contributed by atoms with E-state index in [1.165, 1.54) is 0 Å². The average molecular weight is 140 g/mol. The van der Waals surface area contributed by atoms with E-state index < -0.39 is 0 Å². The second-order valence-corrected chi connectivity index (χ2v) is 4.19. The van der Waals surface area contributed by atoms with Crippen LogP contribution < -0.4 is 0 Å². The molecule has 0 aromatic rings. The Hall–Kier alpha value is -0.0800. The molecule has 0 amide bonds. The molecule has 10 heavy (non-hydrogen) atoms. The number of fused-ring (bicyclic) bond motifs is 2. The lowest BCUT2D eigenvalue weighted by molar-refractivity contribution is 0.233. The van der Waals surface area contributed by atoms with Gasteiger partial charge in [0.15, 0.2) is 0 Å². The third-order valence-electron chi connectivity index (χ3n) is 3.40. The van der Waals surface area contributed by atoms with Gasteiger partial charge in [0.2, 0.25) is 0 Å². The first-order chi connectivity index (χ1) is 4.63. The van der Waals surface area contributed by atoms with Gasteiger partial charge in [-0.1, -0.05) is 0 Å². The van der Waals surface area contributed by atoms with Crippen molar-refractivity contribution >= 4 is 0 Å². The third-order valence-corrected chi connectivity index (χ3v) is 3.40. The van der Waals surface area contributed by atoms with Gasteiger partial charge in [0.05, 0.1) is 23.4 Å². The Balaban J connectivity index is 1.92. The largest absolute Gasteiger partial charge is 0.369 e. The van der Waals surface area contributed by atoms with Gasteiger partial charge in [0.25, 0.3) is 0 Å². The lowest BCUT2D eigenvalue weighted by Crippen LogP contribution is -2.28. The Kier molecular flexibility index (Phi) is 0.647. The van der Waals surface area contributed by atoms with Crippen LogP contribution in [0.5, 0.6) is 0 Å². The molecule has 56 valence electrons. The lowest BCUT2D eigenvalue weighted by Gasteiger charge is -2.13. The molecule has 0 spiro atoms. The van der Waals surface area contributed by atoms with Crippen molar-refractivity contribution in [2.45, 2.75) is 50.1 Å². The van der Waals surface area contributed by atoms with E-state index in [0.29, 0.717) is 12.2 Å². The first kappa shape index (κ1) is 5.56. The summed E-state index contributed by atoms with van der Waals surface area (Å²) in [7, 11) is 0. The van der Waals surface area contributed by atoms with Crippen molar-refractivity contribution in [3.63, 3.8) is 0 Å². The van der Waals surface area contributed by atoms with Crippen molar-refractivity contribution < 1.29 is 9.47 Å². The Bertz CT molecular complexity index is 183. The molecule has 2 heteroatoms.